The normalized spacial score (nSPS) is 22.3. The summed E-state index contributed by atoms with van der Waals surface area (Å²) in [7, 11) is 0. The van der Waals surface area contributed by atoms with Gasteiger partial charge in [-0.3, -0.25) is 9.69 Å². The maximum atomic E-state index is 12.1. The van der Waals surface area contributed by atoms with Gasteiger partial charge in [-0.15, -0.1) is 0 Å². The number of hydrogen-bond donors (Lipinski definition) is 2. The molecule has 0 radical (unpaired) electrons. The number of aliphatic hydroxyl groups excluding tert-OH is 1. The SMILES string of the molecule is O=C(NCc1ccccc1CN1CC[C@@H](O)C1)C1CC=CC1. The van der Waals surface area contributed by atoms with Crippen molar-refractivity contribution in [1.29, 1.82) is 0 Å². The number of allylic oxidation sites excluding steroid dienone is 2. The number of hydrogen-bond acceptors (Lipinski definition) is 3. The van der Waals surface area contributed by atoms with E-state index in [9.17, 15) is 9.90 Å². The molecule has 1 aliphatic carbocycles. The van der Waals surface area contributed by atoms with Gasteiger partial charge in [0, 0.05) is 32.1 Å². The maximum Gasteiger partial charge on any atom is 0.224 e. The lowest BCUT2D eigenvalue weighted by molar-refractivity contribution is -0.124. The Morgan fingerprint density at radius 3 is 2.64 bits per heavy atom. The van der Waals surface area contributed by atoms with Crippen molar-refractivity contribution in [3.05, 3.63) is 47.5 Å². The zero-order valence-corrected chi connectivity index (χ0v) is 12.9. The predicted molar refractivity (Wildman–Crippen MR) is 86.1 cm³/mol. The van der Waals surface area contributed by atoms with E-state index in [0.717, 1.165) is 38.9 Å². The van der Waals surface area contributed by atoms with Crippen LogP contribution in [0.1, 0.15) is 30.4 Å². The van der Waals surface area contributed by atoms with Crippen LogP contribution < -0.4 is 5.32 Å². The van der Waals surface area contributed by atoms with E-state index in [0.29, 0.717) is 6.54 Å². The topological polar surface area (TPSA) is 52.6 Å². The summed E-state index contributed by atoms with van der Waals surface area (Å²) in [4.78, 5) is 14.4. The van der Waals surface area contributed by atoms with Gasteiger partial charge in [-0.05, 0) is 30.4 Å². The van der Waals surface area contributed by atoms with Crippen LogP contribution in [-0.4, -0.2) is 35.1 Å². The van der Waals surface area contributed by atoms with E-state index in [2.05, 4.69) is 34.5 Å². The number of carbonyl (C=O) groups is 1. The summed E-state index contributed by atoms with van der Waals surface area (Å²) in [5.74, 6) is 0.261. The lowest BCUT2D eigenvalue weighted by Crippen LogP contribution is -2.30. The molecule has 1 saturated heterocycles. The van der Waals surface area contributed by atoms with E-state index < -0.39 is 0 Å². The van der Waals surface area contributed by atoms with Crippen LogP contribution in [0, 0.1) is 5.92 Å². The van der Waals surface area contributed by atoms with Crippen molar-refractivity contribution in [2.45, 2.75) is 38.5 Å². The maximum absolute atomic E-state index is 12.1. The van der Waals surface area contributed by atoms with Crippen molar-refractivity contribution in [3.63, 3.8) is 0 Å². The molecule has 1 heterocycles. The number of nitrogens with zero attached hydrogens (tertiary/aromatic N) is 1. The second kappa shape index (κ2) is 7.07. The molecule has 0 saturated carbocycles. The van der Waals surface area contributed by atoms with Crippen LogP contribution in [0.15, 0.2) is 36.4 Å². The zero-order valence-electron chi connectivity index (χ0n) is 12.9. The van der Waals surface area contributed by atoms with E-state index in [1.54, 1.807) is 0 Å². The van der Waals surface area contributed by atoms with Crippen molar-refractivity contribution in [3.8, 4) is 0 Å². The highest BCUT2D eigenvalue weighted by Gasteiger charge is 2.21. The first-order valence-electron chi connectivity index (χ1n) is 8.12. The van der Waals surface area contributed by atoms with Crippen molar-refractivity contribution in [2.75, 3.05) is 13.1 Å². The quantitative estimate of drug-likeness (QED) is 0.816. The number of nitrogens with one attached hydrogen (secondary N) is 1. The molecule has 22 heavy (non-hydrogen) atoms. The van der Waals surface area contributed by atoms with E-state index in [1.165, 1.54) is 11.1 Å². The van der Waals surface area contributed by atoms with Gasteiger partial charge in [-0.1, -0.05) is 36.4 Å². The third-order valence-electron chi connectivity index (χ3n) is 4.59. The number of β-amino-alcohol motifs (C(OH)–C–C–N with tert-alkyl or cyclic N) is 1. The smallest absolute Gasteiger partial charge is 0.224 e. The summed E-state index contributed by atoms with van der Waals surface area (Å²) in [6.07, 6.45) is 6.54. The van der Waals surface area contributed by atoms with Gasteiger partial charge in [0.15, 0.2) is 0 Å². The summed E-state index contributed by atoms with van der Waals surface area (Å²) in [5.41, 5.74) is 2.41. The molecule has 0 aromatic heterocycles. The van der Waals surface area contributed by atoms with Crippen LogP contribution in [0.5, 0.6) is 0 Å². The molecule has 0 unspecified atom stereocenters. The number of amides is 1. The fourth-order valence-electron chi connectivity index (χ4n) is 3.24. The summed E-state index contributed by atoms with van der Waals surface area (Å²) in [6, 6.07) is 8.24. The molecule has 1 amide bonds. The van der Waals surface area contributed by atoms with Crippen LogP contribution in [0.4, 0.5) is 0 Å². The van der Waals surface area contributed by atoms with Gasteiger partial charge < -0.3 is 10.4 Å². The van der Waals surface area contributed by atoms with E-state index >= 15 is 0 Å². The Labute approximate surface area is 131 Å². The molecule has 1 fully saturated rings. The molecule has 1 aromatic carbocycles. The largest absolute Gasteiger partial charge is 0.392 e. The second-order valence-electron chi connectivity index (χ2n) is 6.30. The molecule has 1 aromatic rings. The van der Waals surface area contributed by atoms with Gasteiger partial charge in [-0.25, -0.2) is 0 Å². The Kier molecular flexibility index (Phi) is 4.90. The molecule has 2 aliphatic rings. The number of aliphatic hydroxyl groups is 1. The Balaban J connectivity index is 1.57. The number of rotatable bonds is 5. The average Bonchev–Trinajstić information content (AvgIpc) is 3.18. The molecule has 1 aliphatic heterocycles. The summed E-state index contributed by atoms with van der Waals surface area (Å²) < 4.78 is 0. The zero-order chi connectivity index (χ0) is 15.4. The van der Waals surface area contributed by atoms with E-state index in [-0.39, 0.29) is 17.9 Å². The third-order valence-corrected chi connectivity index (χ3v) is 4.59. The molecule has 4 heteroatoms. The van der Waals surface area contributed by atoms with Crippen LogP contribution in [0.3, 0.4) is 0 Å². The van der Waals surface area contributed by atoms with Crippen LogP contribution in [-0.2, 0) is 17.9 Å². The first-order chi connectivity index (χ1) is 10.7. The summed E-state index contributed by atoms with van der Waals surface area (Å²) in [5, 5.41) is 12.7. The molecular formula is C18H24N2O2. The number of likely N-dealkylation sites (tertiary alicyclic amines) is 1. The number of carbonyl (C=O) groups excluding carboxylic acids is 1. The molecule has 0 bridgehead atoms. The highest BCUT2D eigenvalue weighted by molar-refractivity contribution is 5.79. The fourth-order valence-corrected chi connectivity index (χ4v) is 3.24. The van der Waals surface area contributed by atoms with Gasteiger partial charge >= 0.3 is 0 Å². The van der Waals surface area contributed by atoms with Gasteiger partial charge in [0.2, 0.25) is 5.91 Å². The monoisotopic (exact) mass is 300 g/mol. The van der Waals surface area contributed by atoms with Crippen LogP contribution >= 0.6 is 0 Å². The molecular weight excluding hydrogens is 276 g/mol. The van der Waals surface area contributed by atoms with Crippen LogP contribution in [0.2, 0.25) is 0 Å². The minimum Gasteiger partial charge on any atom is -0.392 e. The van der Waals surface area contributed by atoms with Gasteiger partial charge in [0.25, 0.3) is 0 Å². The van der Waals surface area contributed by atoms with Crippen molar-refractivity contribution < 1.29 is 9.90 Å². The van der Waals surface area contributed by atoms with Crippen molar-refractivity contribution >= 4 is 5.91 Å². The highest BCUT2D eigenvalue weighted by Crippen LogP contribution is 2.19. The Morgan fingerprint density at radius 2 is 1.95 bits per heavy atom. The lowest BCUT2D eigenvalue weighted by Gasteiger charge is -2.18. The predicted octanol–water partition coefficient (Wildman–Crippen LogP) is 1.84. The summed E-state index contributed by atoms with van der Waals surface area (Å²) in [6.45, 7) is 3.11. The van der Waals surface area contributed by atoms with Crippen molar-refractivity contribution in [2.24, 2.45) is 5.92 Å². The standard InChI is InChI=1S/C18H24N2O2/c21-17-9-10-20(13-17)12-16-8-4-3-7-15(16)11-19-18(22)14-5-1-2-6-14/h1-4,7-8,14,17,21H,5-6,9-13H2,(H,19,22)/t17-/m1/s1. The molecule has 0 spiro atoms. The first kappa shape index (κ1) is 15.3. The molecule has 1 atom stereocenters. The third kappa shape index (κ3) is 3.76. The molecule has 118 valence electrons. The Hall–Kier alpha value is -1.65. The van der Waals surface area contributed by atoms with E-state index in [1.807, 2.05) is 12.1 Å². The fraction of sp³-hybridized carbons (Fsp3) is 0.500. The first-order valence-corrected chi connectivity index (χ1v) is 8.12. The second-order valence-corrected chi connectivity index (χ2v) is 6.30. The van der Waals surface area contributed by atoms with E-state index in [4.69, 9.17) is 0 Å². The summed E-state index contributed by atoms with van der Waals surface area (Å²) >= 11 is 0. The van der Waals surface area contributed by atoms with Gasteiger partial charge in [0.05, 0.1) is 6.10 Å². The highest BCUT2D eigenvalue weighted by atomic mass is 16.3. The average molecular weight is 300 g/mol. The minimum absolute atomic E-state index is 0.112. The molecule has 4 nitrogen and oxygen atoms in total. The molecule has 2 N–H and O–H groups in total. The lowest BCUT2D eigenvalue weighted by atomic mass is 10.0. The minimum atomic E-state index is -0.193. The van der Waals surface area contributed by atoms with Gasteiger partial charge in [-0.2, -0.15) is 0 Å². The number of benzene rings is 1. The van der Waals surface area contributed by atoms with Gasteiger partial charge in [0.1, 0.15) is 0 Å². The van der Waals surface area contributed by atoms with Crippen LogP contribution in [0.25, 0.3) is 0 Å². The molecule has 3 rings (SSSR count). The Morgan fingerprint density at radius 1 is 1.23 bits per heavy atom. The van der Waals surface area contributed by atoms with Crippen molar-refractivity contribution in [1.82, 2.24) is 10.2 Å². The Bertz CT molecular complexity index is 548.